The van der Waals surface area contributed by atoms with Gasteiger partial charge in [0.2, 0.25) is 15.9 Å². The maximum atomic E-state index is 12.3. The van der Waals surface area contributed by atoms with Crippen LogP contribution in [0.5, 0.6) is 0 Å². The van der Waals surface area contributed by atoms with Crippen LogP contribution in [0.1, 0.15) is 43.9 Å². The van der Waals surface area contributed by atoms with Crippen molar-refractivity contribution in [1.82, 2.24) is 19.8 Å². The Morgan fingerprint density at radius 2 is 2.14 bits per heavy atom. The van der Waals surface area contributed by atoms with E-state index in [-0.39, 0.29) is 5.91 Å². The number of nitrogens with zero attached hydrogens (tertiary/aromatic N) is 2. The van der Waals surface area contributed by atoms with Crippen molar-refractivity contribution in [3.63, 3.8) is 0 Å². The lowest BCUT2D eigenvalue weighted by atomic mass is 9.90. The molecule has 0 radical (unpaired) electrons. The van der Waals surface area contributed by atoms with Crippen LogP contribution < -0.4 is 4.72 Å². The molecule has 1 aliphatic heterocycles. The Morgan fingerprint density at radius 1 is 1.50 bits per heavy atom. The van der Waals surface area contributed by atoms with Gasteiger partial charge >= 0.3 is 0 Å². The lowest BCUT2D eigenvalue weighted by Gasteiger charge is -2.33. The van der Waals surface area contributed by atoms with E-state index < -0.39 is 16.1 Å². The number of sulfonamides is 1. The number of carbonyl (C=O) groups excluding carboxylic acids is 1. The van der Waals surface area contributed by atoms with Gasteiger partial charge in [-0.25, -0.2) is 13.1 Å². The molecule has 22 heavy (non-hydrogen) atoms. The van der Waals surface area contributed by atoms with Gasteiger partial charge in [-0.15, -0.1) is 0 Å². The zero-order chi connectivity index (χ0) is 16.3. The fraction of sp³-hybridized carbons (Fsp3) is 0.714. The van der Waals surface area contributed by atoms with Gasteiger partial charge in [-0.1, -0.05) is 6.92 Å². The van der Waals surface area contributed by atoms with Crippen LogP contribution in [0.4, 0.5) is 0 Å². The number of H-pyrrole nitrogens is 1. The molecule has 1 fully saturated rings. The Balaban J connectivity index is 1.93. The minimum Gasteiger partial charge on any atom is -0.341 e. The summed E-state index contributed by atoms with van der Waals surface area (Å²) in [6.07, 6.45) is 5.61. The fourth-order valence-electron chi connectivity index (χ4n) is 2.99. The topological polar surface area (TPSA) is 95.2 Å². The first-order chi connectivity index (χ1) is 10.3. The number of hydrogen-bond donors (Lipinski definition) is 2. The van der Waals surface area contributed by atoms with Crippen LogP contribution in [0.15, 0.2) is 6.20 Å². The number of aryl methyl sites for hydroxylation is 1. The third-order valence-corrected chi connectivity index (χ3v) is 4.89. The van der Waals surface area contributed by atoms with Gasteiger partial charge in [0.15, 0.2) is 0 Å². The van der Waals surface area contributed by atoms with E-state index in [1.165, 1.54) is 11.3 Å². The highest BCUT2D eigenvalue weighted by Crippen LogP contribution is 2.29. The summed E-state index contributed by atoms with van der Waals surface area (Å²) in [4.78, 5) is 14.0. The maximum Gasteiger partial charge on any atom is 0.240 e. The molecule has 8 heteroatoms. The molecule has 0 unspecified atom stereocenters. The number of hydrogen-bond acceptors (Lipinski definition) is 4. The summed E-state index contributed by atoms with van der Waals surface area (Å²) >= 11 is 0. The van der Waals surface area contributed by atoms with E-state index in [1.807, 2.05) is 6.20 Å². The SMILES string of the molecule is CCc1cn[nH]c1C1CCN(C(=O)[C@@H](C)NS(C)(=O)=O)CC1. The summed E-state index contributed by atoms with van der Waals surface area (Å²) in [5.41, 5.74) is 2.41. The number of likely N-dealkylation sites (tertiary alicyclic amines) is 1. The van der Waals surface area contributed by atoms with Crippen molar-refractivity contribution >= 4 is 15.9 Å². The fourth-order valence-corrected chi connectivity index (χ4v) is 3.73. The summed E-state index contributed by atoms with van der Waals surface area (Å²) in [6.45, 7) is 4.97. The predicted molar refractivity (Wildman–Crippen MR) is 84.0 cm³/mol. The number of piperidine rings is 1. The van der Waals surface area contributed by atoms with E-state index >= 15 is 0 Å². The summed E-state index contributed by atoms with van der Waals surface area (Å²) in [7, 11) is -3.37. The molecule has 2 N–H and O–H groups in total. The quantitative estimate of drug-likeness (QED) is 0.828. The summed E-state index contributed by atoms with van der Waals surface area (Å²) in [5.74, 6) is 0.226. The van der Waals surface area contributed by atoms with E-state index in [1.54, 1.807) is 11.8 Å². The summed E-state index contributed by atoms with van der Waals surface area (Å²) < 4.78 is 24.8. The van der Waals surface area contributed by atoms with Gasteiger partial charge in [-0.3, -0.25) is 9.89 Å². The number of aromatic nitrogens is 2. The van der Waals surface area contributed by atoms with Gasteiger partial charge in [-0.05, 0) is 31.7 Å². The number of nitrogens with one attached hydrogen (secondary N) is 2. The van der Waals surface area contributed by atoms with Crippen molar-refractivity contribution in [1.29, 1.82) is 0 Å². The lowest BCUT2D eigenvalue weighted by Crippen LogP contribution is -2.48. The van der Waals surface area contributed by atoms with E-state index in [0.717, 1.165) is 25.5 Å². The van der Waals surface area contributed by atoms with E-state index in [0.29, 0.717) is 19.0 Å². The molecule has 1 aliphatic rings. The highest BCUT2D eigenvalue weighted by atomic mass is 32.2. The molecule has 1 atom stereocenters. The molecular weight excluding hydrogens is 304 g/mol. The molecule has 0 aromatic carbocycles. The molecule has 1 aromatic heterocycles. The average molecular weight is 328 g/mol. The van der Waals surface area contributed by atoms with Gasteiger partial charge in [-0.2, -0.15) is 5.10 Å². The van der Waals surface area contributed by atoms with Crippen molar-refractivity contribution in [2.45, 2.75) is 45.1 Å². The second-order valence-corrected chi connectivity index (χ2v) is 7.65. The zero-order valence-corrected chi connectivity index (χ0v) is 14.1. The van der Waals surface area contributed by atoms with Gasteiger partial charge < -0.3 is 4.90 Å². The third kappa shape index (κ3) is 4.07. The molecule has 124 valence electrons. The molecule has 2 rings (SSSR count). The second-order valence-electron chi connectivity index (χ2n) is 5.87. The van der Waals surface area contributed by atoms with Gasteiger partial charge in [0, 0.05) is 24.7 Å². The molecule has 2 heterocycles. The molecular formula is C14H24N4O3S. The van der Waals surface area contributed by atoms with E-state index in [4.69, 9.17) is 0 Å². The molecule has 0 spiro atoms. The van der Waals surface area contributed by atoms with Crippen molar-refractivity contribution in [2.24, 2.45) is 0 Å². The zero-order valence-electron chi connectivity index (χ0n) is 13.3. The Labute approximate surface area is 131 Å². The Morgan fingerprint density at radius 3 is 2.68 bits per heavy atom. The molecule has 7 nitrogen and oxygen atoms in total. The van der Waals surface area contributed by atoms with Crippen LogP contribution >= 0.6 is 0 Å². The standard InChI is InChI=1S/C14H24N4O3S/c1-4-11-9-15-16-13(11)12-5-7-18(8-6-12)14(19)10(2)17-22(3,20)21/h9-10,12,17H,4-8H2,1-3H3,(H,15,16)/t10-/m1/s1. The molecule has 1 saturated heterocycles. The number of aromatic amines is 1. The van der Waals surface area contributed by atoms with E-state index in [9.17, 15) is 13.2 Å². The van der Waals surface area contributed by atoms with Gasteiger partial charge in [0.1, 0.15) is 0 Å². The molecule has 0 bridgehead atoms. The minimum atomic E-state index is -3.37. The highest BCUT2D eigenvalue weighted by molar-refractivity contribution is 7.88. The van der Waals surface area contributed by atoms with E-state index in [2.05, 4.69) is 21.8 Å². The summed E-state index contributed by atoms with van der Waals surface area (Å²) in [5, 5.41) is 7.19. The normalized spacial score (nSPS) is 18.4. The largest absolute Gasteiger partial charge is 0.341 e. The van der Waals surface area contributed by atoms with Crippen LogP contribution in [-0.4, -0.2) is 54.8 Å². The van der Waals surface area contributed by atoms with Crippen LogP contribution in [0, 0.1) is 0 Å². The second kappa shape index (κ2) is 6.78. The average Bonchev–Trinajstić information content (AvgIpc) is 2.93. The van der Waals surface area contributed by atoms with Crippen LogP contribution in [0.3, 0.4) is 0 Å². The lowest BCUT2D eigenvalue weighted by molar-refractivity contribution is -0.133. The van der Waals surface area contributed by atoms with Crippen molar-refractivity contribution in [3.8, 4) is 0 Å². The molecule has 1 amide bonds. The smallest absolute Gasteiger partial charge is 0.240 e. The highest BCUT2D eigenvalue weighted by Gasteiger charge is 2.29. The Bertz CT molecular complexity index is 618. The molecule has 0 saturated carbocycles. The first kappa shape index (κ1) is 17.0. The Kier molecular flexibility index (Phi) is 5.23. The van der Waals surface area contributed by atoms with Crippen LogP contribution in [0.25, 0.3) is 0 Å². The van der Waals surface area contributed by atoms with Crippen LogP contribution in [-0.2, 0) is 21.2 Å². The maximum absolute atomic E-state index is 12.3. The van der Waals surface area contributed by atoms with Gasteiger partial charge in [0.05, 0.1) is 18.5 Å². The molecule has 0 aliphatic carbocycles. The first-order valence-corrected chi connectivity index (χ1v) is 9.49. The van der Waals surface area contributed by atoms with Gasteiger partial charge in [0.25, 0.3) is 0 Å². The predicted octanol–water partition coefficient (Wildman–Crippen LogP) is 0.616. The van der Waals surface area contributed by atoms with Crippen molar-refractivity contribution < 1.29 is 13.2 Å². The number of amides is 1. The van der Waals surface area contributed by atoms with Crippen molar-refractivity contribution in [3.05, 3.63) is 17.5 Å². The minimum absolute atomic E-state index is 0.163. The molecule has 1 aromatic rings. The Hall–Kier alpha value is -1.41. The summed E-state index contributed by atoms with van der Waals surface area (Å²) in [6, 6.07) is -0.718. The van der Waals surface area contributed by atoms with Crippen LogP contribution in [0.2, 0.25) is 0 Å². The monoisotopic (exact) mass is 328 g/mol. The third-order valence-electron chi connectivity index (χ3n) is 4.11. The van der Waals surface area contributed by atoms with Crippen molar-refractivity contribution in [2.75, 3.05) is 19.3 Å². The first-order valence-electron chi connectivity index (χ1n) is 7.60. The number of carbonyl (C=O) groups is 1. The number of rotatable bonds is 5.